The van der Waals surface area contributed by atoms with Crippen LogP contribution in [0.1, 0.15) is 25.7 Å². The molecule has 2 fully saturated rings. The summed E-state index contributed by atoms with van der Waals surface area (Å²) in [5.74, 6) is -0.233. The second kappa shape index (κ2) is 6.18. The number of esters is 1. The summed E-state index contributed by atoms with van der Waals surface area (Å²) in [6, 6.07) is 0. The first-order valence-electron chi connectivity index (χ1n) is 6.66. The van der Waals surface area contributed by atoms with Crippen molar-refractivity contribution in [2.45, 2.75) is 25.7 Å². The minimum absolute atomic E-state index is 0.0184. The molecular weight excluding hydrogens is 234 g/mol. The van der Waals surface area contributed by atoms with E-state index in [0.717, 1.165) is 38.8 Å². The van der Waals surface area contributed by atoms with Gasteiger partial charge in [-0.3, -0.25) is 9.59 Å². The van der Waals surface area contributed by atoms with Crippen LogP contribution in [0.15, 0.2) is 0 Å². The molecule has 0 aromatic carbocycles. The number of rotatable bonds is 2. The van der Waals surface area contributed by atoms with Crippen molar-refractivity contribution >= 4 is 11.9 Å². The summed E-state index contributed by atoms with van der Waals surface area (Å²) in [4.78, 5) is 25.6. The maximum Gasteiger partial charge on any atom is 0.310 e. The van der Waals surface area contributed by atoms with Crippen molar-refractivity contribution in [1.82, 2.24) is 4.90 Å². The first-order valence-corrected chi connectivity index (χ1v) is 6.66. The zero-order chi connectivity index (χ0) is 13.0. The zero-order valence-electron chi connectivity index (χ0n) is 10.9. The van der Waals surface area contributed by atoms with Crippen LogP contribution in [0.5, 0.6) is 0 Å². The fourth-order valence-corrected chi connectivity index (χ4v) is 2.73. The van der Waals surface area contributed by atoms with Crippen molar-refractivity contribution in [2.75, 3.05) is 33.4 Å². The lowest BCUT2D eigenvalue weighted by molar-refractivity contribution is -0.150. The van der Waals surface area contributed by atoms with Crippen LogP contribution < -0.4 is 0 Å². The van der Waals surface area contributed by atoms with Crippen LogP contribution in [0, 0.1) is 11.8 Å². The van der Waals surface area contributed by atoms with Gasteiger partial charge in [0.15, 0.2) is 0 Å². The van der Waals surface area contributed by atoms with Gasteiger partial charge in [0.1, 0.15) is 0 Å². The molecule has 0 radical (unpaired) electrons. The van der Waals surface area contributed by atoms with E-state index in [2.05, 4.69) is 0 Å². The summed E-state index contributed by atoms with van der Waals surface area (Å²) in [5.41, 5.74) is 0. The van der Waals surface area contributed by atoms with Gasteiger partial charge in [-0.2, -0.15) is 0 Å². The Hall–Kier alpha value is -1.10. The van der Waals surface area contributed by atoms with Crippen molar-refractivity contribution in [3.8, 4) is 0 Å². The van der Waals surface area contributed by atoms with Crippen molar-refractivity contribution in [1.29, 1.82) is 0 Å². The number of ether oxygens (including phenoxy) is 2. The molecule has 0 aromatic rings. The second-order valence-corrected chi connectivity index (χ2v) is 5.06. The van der Waals surface area contributed by atoms with Gasteiger partial charge in [0.25, 0.3) is 0 Å². The van der Waals surface area contributed by atoms with Gasteiger partial charge in [-0.1, -0.05) is 0 Å². The molecule has 18 heavy (non-hydrogen) atoms. The molecule has 2 aliphatic heterocycles. The van der Waals surface area contributed by atoms with Gasteiger partial charge in [-0.15, -0.1) is 0 Å². The smallest absolute Gasteiger partial charge is 0.310 e. The molecule has 1 unspecified atom stereocenters. The molecule has 102 valence electrons. The molecule has 2 heterocycles. The van der Waals surface area contributed by atoms with Gasteiger partial charge in [-0.25, -0.2) is 0 Å². The molecule has 5 heteroatoms. The van der Waals surface area contributed by atoms with Crippen LogP contribution in [-0.4, -0.2) is 50.2 Å². The average molecular weight is 255 g/mol. The van der Waals surface area contributed by atoms with E-state index in [9.17, 15) is 9.59 Å². The predicted molar refractivity (Wildman–Crippen MR) is 64.9 cm³/mol. The molecule has 0 N–H and O–H groups in total. The maximum absolute atomic E-state index is 12.3. The summed E-state index contributed by atoms with van der Waals surface area (Å²) >= 11 is 0. The molecule has 0 saturated carbocycles. The highest BCUT2D eigenvalue weighted by Gasteiger charge is 2.32. The third-order valence-corrected chi connectivity index (χ3v) is 3.78. The van der Waals surface area contributed by atoms with Gasteiger partial charge in [-0.05, 0) is 25.7 Å². The molecule has 2 aliphatic rings. The third kappa shape index (κ3) is 3.02. The SMILES string of the molecule is COC(=O)[C@H]1CCCN(C(=O)C2CCCOC2)C1. The largest absolute Gasteiger partial charge is 0.469 e. The van der Waals surface area contributed by atoms with Crippen LogP contribution in [0.3, 0.4) is 0 Å². The van der Waals surface area contributed by atoms with Gasteiger partial charge < -0.3 is 14.4 Å². The molecule has 2 rings (SSSR count). The Balaban J connectivity index is 1.91. The Labute approximate surface area is 107 Å². The zero-order valence-corrected chi connectivity index (χ0v) is 10.9. The lowest BCUT2D eigenvalue weighted by Crippen LogP contribution is -2.46. The highest BCUT2D eigenvalue weighted by Crippen LogP contribution is 2.22. The number of nitrogens with zero attached hydrogens (tertiary/aromatic N) is 1. The Morgan fingerprint density at radius 3 is 2.67 bits per heavy atom. The van der Waals surface area contributed by atoms with E-state index in [4.69, 9.17) is 9.47 Å². The molecule has 0 spiro atoms. The van der Waals surface area contributed by atoms with Crippen LogP contribution in [-0.2, 0) is 19.1 Å². The highest BCUT2D eigenvalue weighted by atomic mass is 16.5. The van der Waals surface area contributed by atoms with E-state index in [1.165, 1.54) is 7.11 Å². The average Bonchev–Trinajstić information content (AvgIpc) is 2.46. The van der Waals surface area contributed by atoms with Crippen LogP contribution >= 0.6 is 0 Å². The number of hydrogen-bond donors (Lipinski definition) is 0. The summed E-state index contributed by atoms with van der Waals surface area (Å²) in [6.45, 7) is 2.54. The molecule has 5 nitrogen and oxygen atoms in total. The number of piperidine rings is 1. The van der Waals surface area contributed by atoms with E-state index in [-0.39, 0.29) is 23.7 Å². The van der Waals surface area contributed by atoms with E-state index < -0.39 is 0 Å². The fourth-order valence-electron chi connectivity index (χ4n) is 2.73. The Kier molecular flexibility index (Phi) is 4.58. The van der Waals surface area contributed by atoms with E-state index in [1.54, 1.807) is 0 Å². The first-order chi connectivity index (χ1) is 8.72. The second-order valence-electron chi connectivity index (χ2n) is 5.06. The molecular formula is C13H21NO4. The Bertz CT molecular complexity index is 312. The Morgan fingerprint density at radius 1 is 1.22 bits per heavy atom. The molecule has 0 aliphatic carbocycles. The predicted octanol–water partition coefficient (Wildman–Crippen LogP) is 0.825. The maximum atomic E-state index is 12.3. The number of likely N-dealkylation sites (tertiary alicyclic amines) is 1. The normalized spacial score (nSPS) is 28.8. The standard InChI is InChI=1S/C13H21NO4/c1-17-13(16)10-4-2-6-14(8-10)12(15)11-5-3-7-18-9-11/h10-11H,2-9H2,1H3/t10-,11?/m0/s1. The number of amides is 1. The monoisotopic (exact) mass is 255 g/mol. The quantitative estimate of drug-likeness (QED) is 0.686. The minimum atomic E-state index is -0.201. The van der Waals surface area contributed by atoms with Gasteiger partial charge >= 0.3 is 5.97 Å². The van der Waals surface area contributed by atoms with E-state index >= 15 is 0 Å². The van der Waals surface area contributed by atoms with Crippen molar-refractivity contribution in [3.63, 3.8) is 0 Å². The summed E-state index contributed by atoms with van der Waals surface area (Å²) in [6.07, 6.45) is 3.54. The van der Waals surface area contributed by atoms with Crippen LogP contribution in [0.4, 0.5) is 0 Å². The molecule has 0 bridgehead atoms. The number of carbonyl (C=O) groups is 2. The highest BCUT2D eigenvalue weighted by molar-refractivity contribution is 5.80. The third-order valence-electron chi connectivity index (χ3n) is 3.78. The number of carbonyl (C=O) groups excluding carboxylic acids is 2. The van der Waals surface area contributed by atoms with Gasteiger partial charge in [0.05, 0.1) is 25.6 Å². The van der Waals surface area contributed by atoms with E-state index in [1.807, 2.05) is 4.90 Å². The molecule has 2 saturated heterocycles. The Morgan fingerprint density at radius 2 is 2.00 bits per heavy atom. The lowest BCUT2D eigenvalue weighted by Gasteiger charge is -2.34. The van der Waals surface area contributed by atoms with Crippen molar-refractivity contribution in [3.05, 3.63) is 0 Å². The van der Waals surface area contributed by atoms with Crippen molar-refractivity contribution in [2.24, 2.45) is 11.8 Å². The van der Waals surface area contributed by atoms with Crippen LogP contribution in [0.25, 0.3) is 0 Å². The topological polar surface area (TPSA) is 55.8 Å². The van der Waals surface area contributed by atoms with Crippen molar-refractivity contribution < 1.29 is 19.1 Å². The summed E-state index contributed by atoms with van der Waals surface area (Å²) in [7, 11) is 1.40. The van der Waals surface area contributed by atoms with E-state index in [0.29, 0.717) is 13.2 Å². The minimum Gasteiger partial charge on any atom is -0.469 e. The lowest BCUT2D eigenvalue weighted by atomic mass is 9.95. The first kappa shape index (κ1) is 13.3. The summed E-state index contributed by atoms with van der Waals surface area (Å²) < 4.78 is 10.1. The molecule has 0 aromatic heterocycles. The van der Waals surface area contributed by atoms with Gasteiger partial charge in [0.2, 0.25) is 5.91 Å². The summed E-state index contributed by atoms with van der Waals surface area (Å²) in [5, 5.41) is 0. The molecule has 1 amide bonds. The number of methoxy groups -OCH3 is 1. The van der Waals surface area contributed by atoms with Crippen LogP contribution in [0.2, 0.25) is 0 Å². The molecule has 2 atom stereocenters. The van der Waals surface area contributed by atoms with Gasteiger partial charge in [0, 0.05) is 19.7 Å². The number of hydrogen-bond acceptors (Lipinski definition) is 4. The fraction of sp³-hybridized carbons (Fsp3) is 0.846.